The number of nitrogens with one attached hydrogen (secondary N) is 1. The number of rotatable bonds is 6. The molecule has 148 valence electrons. The molecule has 0 atom stereocenters. The average Bonchev–Trinajstić information content (AvgIpc) is 3.13. The fourth-order valence-corrected chi connectivity index (χ4v) is 3.47. The summed E-state index contributed by atoms with van der Waals surface area (Å²) in [6, 6.07) is 8.40. The number of imidazole rings is 1. The first-order valence-electron chi connectivity index (χ1n) is 8.82. The van der Waals surface area contributed by atoms with Gasteiger partial charge in [-0.2, -0.15) is 9.37 Å². The molecule has 0 aliphatic carbocycles. The van der Waals surface area contributed by atoms with Crippen LogP contribution in [0, 0.1) is 5.95 Å². The van der Waals surface area contributed by atoms with Gasteiger partial charge in [0.1, 0.15) is 5.65 Å². The van der Waals surface area contributed by atoms with E-state index in [4.69, 9.17) is 28.9 Å². The number of fused-ring (bicyclic) bond motifs is 1. The Bertz CT molecular complexity index is 1160. The van der Waals surface area contributed by atoms with Crippen molar-refractivity contribution in [2.45, 2.75) is 12.8 Å². The van der Waals surface area contributed by atoms with Crippen LogP contribution >= 0.6 is 23.2 Å². The topological polar surface area (TPSA) is 94.0 Å². The smallest absolute Gasteiger partial charge is 0.222 e. The molecule has 0 bridgehead atoms. The van der Waals surface area contributed by atoms with Gasteiger partial charge in [-0.1, -0.05) is 23.2 Å². The number of nitrogens with zero attached hydrogens (tertiary/aromatic N) is 5. The summed E-state index contributed by atoms with van der Waals surface area (Å²) < 4.78 is 15.2. The number of nitrogens with two attached hydrogens (primary N) is 1. The van der Waals surface area contributed by atoms with Gasteiger partial charge in [0.2, 0.25) is 17.8 Å². The summed E-state index contributed by atoms with van der Waals surface area (Å²) in [5.41, 5.74) is 8.21. The Hall–Kier alpha value is -2.97. The van der Waals surface area contributed by atoms with Gasteiger partial charge < -0.3 is 11.1 Å². The molecule has 10 heteroatoms. The number of aryl methyl sites for hydroxylation is 1. The van der Waals surface area contributed by atoms with Crippen LogP contribution in [-0.4, -0.2) is 30.9 Å². The van der Waals surface area contributed by atoms with Crippen molar-refractivity contribution in [2.24, 2.45) is 0 Å². The van der Waals surface area contributed by atoms with Crippen LogP contribution in [0.3, 0.4) is 0 Å². The van der Waals surface area contributed by atoms with Crippen LogP contribution < -0.4 is 11.1 Å². The highest BCUT2D eigenvalue weighted by atomic mass is 35.5. The van der Waals surface area contributed by atoms with Crippen molar-refractivity contribution in [3.63, 3.8) is 0 Å². The Morgan fingerprint density at radius 1 is 1.10 bits per heavy atom. The van der Waals surface area contributed by atoms with Crippen LogP contribution in [-0.2, 0) is 6.42 Å². The molecule has 0 spiro atoms. The fourth-order valence-electron chi connectivity index (χ4n) is 2.96. The highest BCUT2D eigenvalue weighted by molar-refractivity contribution is 6.36. The predicted octanol–water partition coefficient (Wildman–Crippen LogP) is 4.26. The van der Waals surface area contributed by atoms with E-state index in [9.17, 15) is 4.39 Å². The Morgan fingerprint density at radius 3 is 2.76 bits per heavy atom. The average molecular weight is 432 g/mol. The van der Waals surface area contributed by atoms with E-state index in [0.717, 1.165) is 11.2 Å². The molecule has 1 aromatic carbocycles. The molecule has 0 fully saturated rings. The van der Waals surface area contributed by atoms with Crippen molar-refractivity contribution in [1.29, 1.82) is 0 Å². The minimum Gasteiger partial charge on any atom is -0.368 e. The zero-order valence-corrected chi connectivity index (χ0v) is 16.6. The molecule has 3 N–H and O–H groups in total. The lowest BCUT2D eigenvalue weighted by Gasteiger charge is -2.11. The van der Waals surface area contributed by atoms with Gasteiger partial charge in [0, 0.05) is 47.4 Å². The third-order valence-corrected chi connectivity index (χ3v) is 4.80. The second-order valence-corrected chi connectivity index (χ2v) is 7.16. The van der Waals surface area contributed by atoms with Crippen molar-refractivity contribution in [3.8, 4) is 11.3 Å². The summed E-state index contributed by atoms with van der Waals surface area (Å²) in [4.78, 5) is 16.5. The van der Waals surface area contributed by atoms with E-state index >= 15 is 0 Å². The molecule has 0 saturated heterocycles. The van der Waals surface area contributed by atoms with Gasteiger partial charge in [-0.3, -0.25) is 4.40 Å². The number of benzene rings is 1. The van der Waals surface area contributed by atoms with Gasteiger partial charge in [-0.05, 0) is 31.0 Å². The zero-order chi connectivity index (χ0) is 20.4. The molecular formula is C19H16Cl2FN7. The molecule has 3 aromatic heterocycles. The third kappa shape index (κ3) is 4.38. The number of anilines is 2. The van der Waals surface area contributed by atoms with Gasteiger partial charge in [0.25, 0.3) is 0 Å². The Morgan fingerprint density at radius 2 is 1.97 bits per heavy atom. The van der Waals surface area contributed by atoms with Gasteiger partial charge in [-0.15, -0.1) is 0 Å². The molecular weight excluding hydrogens is 416 g/mol. The second kappa shape index (κ2) is 8.18. The van der Waals surface area contributed by atoms with E-state index < -0.39 is 5.95 Å². The van der Waals surface area contributed by atoms with Gasteiger partial charge >= 0.3 is 0 Å². The highest BCUT2D eigenvalue weighted by Crippen LogP contribution is 2.30. The number of nitrogen functional groups attached to an aromatic ring is 1. The third-order valence-electron chi connectivity index (χ3n) is 4.25. The minimum atomic E-state index is -0.630. The zero-order valence-electron chi connectivity index (χ0n) is 15.1. The first-order chi connectivity index (χ1) is 14.0. The quantitative estimate of drug-likeness (QED) is 0.349. The monoisotopic (exact) mass is 431 g/mol. The number of hydrogen-bond donors (Lipinski definition) is 2. The summed E-state index contributed by atoms with van der Waals surface area (Å²) >= 11 is 12.3. The minimum absolute atomic E-state index is 0.0673. The maximum Gasteiger partial charge on any atom is 0.222 e. The summed E-state index contributed by atoms with van der Waals surface area (Å²) in [6.45, 7) is 0.587. The first kappa shape index (κ1) is 19.4. The fraction of sp³-hybridized carbons (Fsp3) is 0.158. The molecule has 29 heavy (non-hydrogen) atoms. The molecule has 0 unspecified atom stereocenters. The Kier molecular flexibility index (Phi) is 5.46. The Labute approximate surface area is 175 Å². The molecule has 0 radical (unpaired) electrons. The van der Waals surface area contributed by atoms with Gasteiger partial charge in [0.15, 0.2) is 0 Å². The van der Waals surface area contributed by atoms with Gasteiger partial charge in [0.05, 0.1) is 10.7 Å². The van der Waals surface area contributed by atoms with Crippen molar-refractivity contribution in [1.82, 2.24) is 24.3 Å². The van der Waals surface area contributed by atoms with Crippen molar-refractivity contribution in [3.05, 3.63) is 64.4 Å². The first-order valence-corrected chi connectivity index (χ1v) is 9.57. The normalized spacial score (nSPS) is 11.1. The molecule has 0 aliphatic rings. The summed E-state index contributed by atoms with van der Waals surface area (Å²) in [5, 5.41) is 4.35. The number of hydrogen-bond acceptors (Lipinski definition) is 6. The van der Waals surface area contributed by atoms with Crippen LogP contribution in [0.4, 0.5) is 16.3 Å². The van der Waals surface area contributed by atoms with Crippen LogP contribution in [0.15, 0.2) is 42.7 Å². The summed E-state index contributed by atoms with van der Waals surface area (Å²) in [6.07, 6.45) is 4.76. The molecule has 0 aliphatic heterocycles. The van der Waals surface area contributed by atoms with Crippen molar-refractivity contribution in [2.75, 3.05) is 17.6 Å². The number of halogens is 3. The molecule has 0 amide bonds. The summed E-state index contributed by atoms with van der Waals surface area (Å²) in [7, 11) is 0. The largest absolute Gasteiger partial charge is 0.368 e. The van der Waals surface area contributed by atoms with Crippen LogP contribution in [0.2, 0.25) is 10.0 Å². The lowest BCUT2D eigenvalue weighted by molar-refractivity contribution is 0.577. The molecule has 4 rings (SSSR count). The lowest BCUT2D eigenvalue weighted by Crippen LogP contribution is -2.10. The molecule has 3 heterocycles. The maximum atomic E-state index is 13.3. The Balaban J connectivity index is 1.53. The standard InChI is InChI=1S/C19H16Cl2FN7/c20-11-3-4-13(14(21)8-11)15-10-17-24-6-7-29(17)19(27-15)25-5-1-2-12-9-16(22)28-18(23)26-12/h3-4,6-10H,1-2,5H2,(H,25,27)(H2,23,26,28). The van der Waals surface area contributed by atoms with E-state index in [1.54, 1.807) is 18.3 Å². The van der Waals surface area contributed by atoms with Crippen molar-refractivity contribution < 1.29 is 4.39 Å². The van der Waals surface area contributed by atoms with E-state index in [1.165, 1.54) is 6.07 Å². The van der Waals surface area contributed by atoms with Crippen LogP contribution in [0.5, 0.6) is 0 Å². The predicted molar refractivity (Wildman–Crippen MR) is 112 cm³/mol. The van der Waals surface area contributed by atoms with E-state index in [-0.39, 0.29) is 5.95 Å². The maximum absolute atomic E-state index is 13.3. The second-order valence-electron chi connectivity index (χ2n) is 6.32. The summed E-state index contributed by atoms with van der Waals surface area (Å²) in [5.74, 6) is -0.0773. The lowest BCUT2D eigenvalue weighted by atomic mass is 10.1. The van der Waals surface area contributed by atoms with E-state index in [2.05, 4.69) is 25.3 Å². The number of aromatic nitrogens is 5. The molecule has 7 nitrogen and oxygen atoms in total. The van der Waals surface area contributed by atoms with Crippen molar-refractivity contribution >= 4 is 40.7 Å². The highest BCUT2D eigenvalue weighted by Gasteiger charge is 2.11. The SMILES string of the molecule is Nc1nc(F)cc(CCCNc2nc(-c3ccc(Cl)cc3Cl)cc3nccn23)n1. The van der Waals surface area contributed by atoms with E-state index in [0.29, 0.717) is 46.8 Å². The van der Waals surface area contributed by atoms with Gasteiger partial charge in [-0.25, -0.2) is 15.0 Å². The van der Waals surface area contributed by atoms with Crippen LogP contribution in [0.1, 0.15) is 12.1 Å². The van der Waals surface area contributed by atoms with E-state index in [1.807, 2.05) is 22.7 Å². The molecule has 4 aromatic rings. The molecule has 0 saturated carbocycles. The van der Waals surface area contributed by atoms with Crippen LogP contribution in [0.25, 0.3) is 16.9 Å².